The summed E-state index contributed by atoms with van der Waals surface area (Å²) in [6.07, 6.45) is 2.82. The van der Waals surface area contributed by atoms with Gasteiger partial charge in [0.1, 0.15) is 23.2 Å². The van der Waals surface area contributed by atoms with Gasteiger partial charge in [-0.25, -0.2) is 4.39 Å². The van der Waals surface area contributed by atoms with E-state index in [1.165, 1.54) is 48.6 Å². The highest BCUT2D eigenvalue weighted by Crippen LogP contribution is 2.17. The predicted molar refractivity (Wildman–Crippen MR) is 72.1 cm³/mol. The second-order valence-electron chi connectivity index (χ2n) is 4.03. The van der Waals surface area contributed by atoms with Crippen molar-refractivity contribution >= 4 is 17.7 Å². The number of likely N-dealkylation sites (N-methyl/N-ethyl adjacent to an activating group) is 1. The number of nitrogens with zero attached hydrogens (tertiary/aromatic N) is 2. The SMILES string of the molecule is CN(C(=O)/C(C#N)=C/c1ccco1)c1ccc(F)cc1. The van der Waals surface area contributed by atoms with E-state index in [1.807, 2.05) is 6.07 Å². The molecule has 2 rings (SSSR count). The Bertz CT molecular complexity index is 667. The molecular formula is C15H11FN2O2. The lowest BCUT2D eigenvalue weighted by atomic mass is 10.2. The third-order valence-corrected chi connectivity index (χ3v) is 2.70. The first-order valence-electron chi connectivity index (χ1n) is 5.81. The van der Waals surface area contributed by atoms with E-state index in [-0.39, 0.29) is 11.4 Å². The van der Waals surface area contributed by atoms with Gasteiger partial charge in [0.15, 0.2) is 0 Å². The summed E-state index contributed by atoms with van der Waals surface area (Å²) >= 11 is 0. The molecule has 4 nitrogen and oxygen atoms in total. The molecule has 5 heteroatoms. The molecule has 0 bridgehead atoms. The van der Waals surface area contributed by atoms with Crippen LogP contribution in [-0.4, -0.2) is 13.0 Å². The number of anilines is 1. The molecule has 1 aromatic heterocycles. The Kier molecular flexibility index (Phi) is 3.96. The predicted octanol–water partition coefficient (Wildman–Crippen LogP) is 2.99. The van der Waals surface area contributed by atoms with E-state index in [9.17, 15) is 9.18 Å². The standard InChI is InChI=1S/C15H11FN2O2/c1-18(13-6-4-12(16)5-7-13)15(19)11(10-17)9-14-3-2-8-20-14/h2-9H,1H3/b11-9+. The fraction of sp³-hybridized carbons (Fsp3) is 0.0667. The van der Waals surface area contributed by atoms with E-state index >= 15 is 0 Å². The van der Waals surface area contributed by atoms with Gasteiger partial charge in [0.05, 0.1) is 6.26 Å². The summed E-state index contributed by atoms with van der Waals surface area (Å²) < 4.78 is 17.9. The number of amides is 1. The molecule has 0 aliphatic rings. The van der Waals surface area contributed by atoms with Crippen molar-refractivity contribution in [3.8, 4) is 6.07 Å². The second kappa shape index (κ2) is 5.85. The summed E-state index contributed by atoms with van der Waals surface area (Å²) in [4.78, 5) is 13.5. The molecule has 100 valence electrons. The monoisotopic (exact) mass is 270 g/mol. The summed E-state index contributed by atoms with van der Waals surface area (Å²) in [7, 11) is 1.52. The Labute approximate surface area is 115 Å². The van der Waals surface area contributed by atoms with Crippen molar-refractivity contribution in [3.05, 3.63) is 59.8 Å². The molecule has 0 N–H and O–H groups in total. The van der Waals surface area contributed by atoms with Gasteiger partial charge in [-0.2, -0.15) is 5.26 Å². The van der Waals surface area contributed by atoms with Crippen molar-refractivity contribution in [2.45, 2.75) is 0 Å². The summed E-state index contributed by atoms with van der Waals surface area (Å²) in [5.74, 6) is -0.459. The lowest BCUT2D eigenvalue weighted by Gasteiger charge is -2.16. The maximum atomic E-state index is 12.8. The Hall–Kier alpha value is -2.87. The molecule has 0 unspecified atom stereocenters. The lowest BCUT2D eigenvalue weighted by Crippen LogP contribution is -2.27. The van der Waals surface area contributed by atoms with Crippen molar-refractivity contribution in [1.29, 1.82) is 5.26 Å². The Balaban J connectivity index is 2.25. The van der Waals surface area contributed by atoms with Gasteiger partial charge in [-0.1, -0.05) is 0 Å². The number of halogens is 1. The Morgan fingerprint density at radius 2 is 2.05 bits per heavy atom. The van der Waals surface area contributed by atoms with Crippen LogP contribution in [0.1, 0.15) is 5.76 Å². The van der Waals surface area contributed by atoms with Crippen LogP contribution >= 0.6 is 0 Å². The van der Waals surface area contributed by atoms with Crippen LogP contribution in [0.25, 0.3) is 6.08 Å². The molecule has 1 heterocycles. The normalized spacial score (nSPS) is 10.9. The van der Waals surface area contributed by atoms with Gasteiger partial charge in [0.25, 0.3) is 5.91 Å². The van der Waals surface area contributed by atoms with E-state index in [0.717, 1.165) is 0 Å². The van der Waals surface area contributed by atoms with Crippen LogP contribution in [-0.2, 0) is 4.79 Å². The molecule has 2 aromatic rings. The first-order chi connectivity index (χ1) is 9.61. The molecule has 1 aromatic carbocycles. The van der Waals surface area contributed by atoms with Gasteiger partial charge < -0.3 is 9.32 Å². The average Bonchev–Trinajstić information content (AvgIpc) is 2.97. The Morgan fingerprint density at radius 1 is 1.35 bits per heavy atom. The fourth-order valence-corrected chi connectivity index (χ4v) is 1.62. The van der Waals surface area contributed by atoms with E-state index in [1.54, 1.807) is 12.1 Å². The molecule has 0 spiro atoms. The molecule has 20 heavy (non-hydrogen) atoms. The molecule has 0 saturated carbocycles. The minimum Gasteiger partial charge on any atom is -0.465 e. The number of hydrogen-bond acceptors (Lipinski definition) is 3. The zero-order chi connectivity index (χ0) is 14.5. The van der Waals surface area contributed by atoms with Crippen molar-refractivity contribution in [2.75, 3.05) is 11.9 Å². The number of hydrogen-bond donors (Lipinski definition) is 0. The van der Waals surface area contributed by atoms with E-state index in [0.29, 0.717) is 11.4 Å². The van der Waals surface area contributed by atoms with Gasteiger partial charge in [-0.05, 0) is 36.4 Å². The number of carbonyl (C=O) groups excluding carboxylic acids is 1. The number of carbonyl (C=O) groups is 1. The fourth-order valence-electron chi connectivity index (χ4n) is 1.62. The van der Waals surface area contributed by atoms with Crippen LogP contribution in [0.5, 0.6) is 0 Å². The zero-order valence-electron chi connectivity index (χ0n) is 10.7. The molecule has 0 aliphatic carbocycles. The largest absolute Gasteiger partial charge is 0.465 e. The molecule has 0 atom stereocenters. The van der Waals surface area contributed by atoms with Gasteiger partial charge in [0.2, 0.25) is 0 Å². The summed E-state index contributed by atoms with van der Waals surface area (Å²) in [5.41, 5.74) is 0.434. The van der Waals surface area contributed by atoms with Crippen LogP contribution < -0.4 is 4.90 Å². The molecule has 1 amide bonds. The molecule has 0 saturated heterocycles. The van der Waals surface area contributed by atoms with Gasteiger partial charge in [-0.15, -0.1) is 0 Å². The topological polar surface area (TPSA) is 57.2 Å². The number of rotatable bonds is 3. The summed E-state index contributed by atoms with van der Waals surface area (Å²) in [5, 5.41) is 9.07. The minimum atomic E-state index is -0.490. The van der Waals surface area contributed by atoms with E-state index in [2.05, 4.69) is 0 Å². The maximum absolute atomic E-state index is 12.8. The zero-order valence-corrected chi connectivity index (χ0v) is 10.7. The van der Waals surface area contributed by atoms with Gasteiger partial charge in [-0.3, -0.25) is 4.79 Å². The lowest BCUT2D eigenvalue weighted by molar-refractivity contribution is -0.114. The van der Waals surface area contributed by atoms with E-state index < -0.39 is 5.91 Å². The molecule has 0 aliphatic heterocycles. The molecular weight excluding hydrogens is 259 g/mol. The number of nitriles is 1. The summed E-state index contributed by atoms with van der Waals surface area (Å²) in [6, 6.07) is 10.6. The Morgan fingerprint density at radius 3 is 2.60 bits per heavy atom. The van der Waals surface area contributed by atoms with Crippen molar-refractivity contribution < 1.29 is 13.6 Å². The van der Waals surface area contributed by atoms with Crippen LogP contribution in [0, 0.1) is 17.1 Å². The smallest absolute Gasteiger partial charge is 0.268 e. The highest BCUT2D eigenvalue weighted by Gasteiger charge is 2.16. The molecule has 0 fully saturated rings. The quantitative estimate of drug-likeness (QED) is 0.636. The average molecular weight is 270 g/mol. The van der Waals surface area contributed by atoms with Crippen molar-refractivity contribution in [3.63, 3.8) is 0 Å². The van der Waals surface area contributed by atoms with Crippen LogP contribution in [0.15, 0.2) is 52.7 Å². The van der Waals surface area contributed by atoms with Gasteiger partial charge >= 0.3 is 0 Å². The van der Waals surface area contributed by atoms with Crippen LogP contribution in [0.3, 0.4) is 0 Å². The minimum absolute atomic E-state index is 0.0632. The van der Waals surface area contributed by atoms with Gasteiger partial charge in [0, 0.05) is 18.8 Å². The highest BCUT2D eigenvalue weighted by atomic mass is 19.1. The first-order valence-corrected chi connectivity index (χ1v) is 5.81. The first kappa shape index (κ1) is 13.6. The van der Waals surface area contributed by atoms with Crippen molar-refractivity contribution in [1.82, 2.24) is 0 Å². The summed E-state index contributed by atoms with van der Waals surface area (Å²) in [6.45, 7) is 0. The highest BCUT2D eigenvalue weighted by molar-refractivity contribution is 6.10. The third kappa shape index (κ3) is 2.93. The van der Waals surface area contributed by atoms with Crippen molar-refractivity contribution in [2.24, 2.45) is 0 Å². The third-order valence-electron chi connectivity index (χ3n) is 2.70. The van der Waals surface area contributed by atoms with E-state index in [4.69, 9.17) is 9.68 Å². The second-order valence-corrected chi connectivity index (χ2v) is 4.03. The van der Waals surface area contributed by atoms with Crippen LogP contribution in [0.4, 0.5) is 10.1 Å². The number of furan rings is 1. The maximum Gasteiger partial charge on any atom is 0.268 e. The molecule has 0 radical (unpaired) electrons. The van der Waals surface area contributed by atoms with Crippen LogP contribution in [0.2, 0.25) is 0 Å². The number of benzene rings is 1.